The fourth-order valence-electron chi connectivity index (χ4n) is 7.75. The van der Waals surface area contributed by atoms with Gasteiger partial charge in [-0.2, -0.15) is 4.57 Å². The van der Waals surface area contributed by atoms with Crippen molar-refractivity contribution in [2.45, 2.75) is 26.7 Å². The molecule has 0 aliphatic carbocycles. The number of nitrogens with zero attached hydrogens (tertiary/aromatic N) is 2. The number of aryl methyl sites for hydroxylation is 2. The second-order valence-electron chi connectivity index (χ2n) is 13.9. The molecule has 0 aliphatic heterocycles. The molecule has 7 aromatic carbocycles. The standard InChI is InChI=1S/C48H39N2O/c1-31(2)41-29-37(36-22-20-35(21-23-36)33-13-7-5-8-14-33)25-28-42(41)50-44-18-12-11-17-43(44)49(4)48(50)46-32(3)19-26-40-39-27-24-38(30-45(39)51-47(40)46)34-15-9-6-10-16-34/h5-31H,1-4H3/q+1. The Morgan fingerprint density at radius 2 is 1.10 bits per heavy atom. The first-order valence-corrected chi connectivity index (χ1v) is 17.8. The predicted molar refractivity (Wildman–Crippen MR) is 212 cm³/mol. The van der Waals surface area contributed by atoms with Gasteiger partial charge in [0.25, 0.3) is 5.82 Å². The Labute approximate surface area is 298 Å². The number of aromatic nitrogens is 2. The van der Waals surface area contributed by atoms with Crippen molar-refractivity contribution in [1.29, 1.82) is 0 Å². The maximum absolute atomic E-state index is 6.89. The van der Waals surface area contributed by atoms with Gasteiger partial charge in [0.2, 0.25) is 0 Å². The number of fused-ring (bicyclic) bond motifs is 4. The molecule has 0 aliphatic rings. The van der Waals surface area contributed by atoms with Crippen LogP contribution < -0.4 is 4.57 Å². The summed E-state index contributed by atoms with van der Waals surface area (Å²) in [5.41, 5.74) is 16.1. The lowest BCUT2D eigenvalue weighted by Gasteiger charge is -2.15. The molecule has 0 saturated carbocycles. The fourth-order valence-corrected chi connectivity index (χ4v) is 7.75. The van der Waals surface area contributed by atoms with E-state index >= 15 is 0 Å². The van der Waals surface area contributed by atoms with Crippen LogP contribution in [0.3, 0.4) is 0 Å². The second kappa shape index (κ2) is 12.3. The molecule has 0 saturated heterocycles. The van der Waals surface area contributed by atoms with Gasteiger partial charge in [-0.1, -0.05) is 135 Å². The van der Waals surface area contributed by atoms with Gasteiger partial charge in [0, 0.05) is 16.3 Å². The Morgan fingerprint density at radius 3 is 1.80 bits per heavy atom. The number of benzene rings is 7. The van der Waals surface area contributed by atoms with Crippen molar-refractivity contribution in [2.24, 2.45) is 7.05 Å². The van der Waals surface area contributed by atoms with E-state index in [2.05, 4.69) is 195 Å². The van der Waals surface area contributed by atoms with Gasteiger partial charge < -0.3 is 4.42 Å². The molecule has 246 valence electrons. The zero-order chi connectivity index (χ0) is 34.6. The molecule has 3 nitrogen and oxygen atoms in total. The van der Waals surface area contributed by atoms with Crippen molar-refractivity contribution >= 4 is 33.0 Å². The fraction of sp³-hybridized carbons (Fsp3) is 0.104. The molecule has 0 radical (unpaired) electrons. The van der Waals surface area contributed by atoms with E-state index in [0.717, 1.165) is 44.4 Å². The third kappa shape index (κ3) is 5.16. The lowest BCUT2D eigenvalue weighted by molar-refractivity contribution is -0.633. The van der Waals surface area contributed by atoms with Crippen LogP contribution in [0.25, 0.3) is 83.4 Å². The van der Waals surface area contributed by atoms with E-state index in [1.54, 1.807) is 0 Å². The first kappa shape index (κ1) is 30.8. The van der Waals surface area contributed by atoms with Gasteiger partial charge in [-0.05, 0) is 88.2 Å². The lowest BCUT2D eigenvalue weighted by atomic mass is 9.94. The van der Waals surface area contributed by atoms with E-state index in [-0.39, 0.29) is 0 Å². The zero-order valence-corrected chi connectivity index (χ0v) is 29.4. The summed E-state index contributed by atoms with van der Waals surface area (Å²) in [5.74, 6) is 1.39. The molecule has 9 rings (SSSR count). The topological polar surface area (TPSA) is 21.9 Å². The molecule has 0 unspecified atom stereocenters. The van der Waals surface area contributed by atoms with E-state index in [4.69, 9.17) is 4.42 Å². The maximum atomic E-state index is 6.89. The molecule has 0 amide bonds. The molecular formula is C48H39N2O+. The van der Waals surface area contributed by atoms with Gasteiger partial charge in [-0.25, -0.2) is 4.57 Å². The van der Waals surface area contributed by atoms with Crippen LogP contribution in [0.2, 0.25) is 0 Å². The Bertz CT molecular complexity index is 2710. The summed E-state index contributed by atoms with van der Waals surface area (Å²) in [6.45, 7) is 6.79. The SMILES string of the molecule is Cc1ccc2c(oc3cc(-c4ccccc4)ccc32)c1-c1n(-c2ccc(-c3ccc(-c4ccccc4)cc3)cc2C(C)C)c2ccccc2[n+]1C. The summed E-state index contributed by atoms with van der Waals surface area (Å²) < 4.78 is 11.7. The molecule has 0 N–H and O–H groups in total. The monoisotopic (exact) mass is 659 g/mol. The highest BCUT2D eigenvalue weighted by Gasteiger charge is 2.32. The number of hydrogen-bond acceptors (Lipinski definition) is 1. The number of imidazole rings is 1. The number of para-hydroxylation sites is 2. The average Bonchev–Trinajstić information content (AvgIpc) is 3.69. The van der Waals surface area contributed by atoms with E-state index in [9.17, 15) is 0 Å². The number of rotatable bonds is 6. The summed E-state index contributed by atoms with van der Waals surface area (Å²) in [7, 11) is 2.18. The minimum Gasteiger partial charge on any atom is -0.455 e. The van der Waals surface area contributed by atoms with Crippen LogP contribution in [-0.4, -0.2) is 4.57 Å². The van der Waals surface area contributed by atoms with Crippen molar-refractivity contribution in [2.75, 3.05) is 0 Å². The summed E-state index contributed by atoms with van der Waals surface area (Å²) in [6, 6.07) is 56.8. The molecule has 9 aromatic rings. The van der Waals surface area contributed by atoms with Crippen molar-refractivity contribution in [3.05, 3.63) is 169 Å². The summed E-state index contributed by atoms with van der Waals surface area (Å²) >= 11 is 0. The van der Waals surface area contributed by atoms with Gasteiger partial charge in [0.05, 0.1) is 7.05 Å². The minimum absolute atomic E-state index is 0.294. The smallest absolute Gasteiger partial charge is 0.298 e. The highest BCUT2D eigenvalue weighted by molar-refractivity contribution is 6.10. The molecule has 51 heavy (non-hydrogen) atoms. The average molecular weight is 660 g/mol. The molecule has 0 atom stereocenters. The number of furan rings is 1. The van der Waals surface area contributed by atoms with Crippen molar-refractivity contribution in [3.63, 3.8) is 0 Å². The van der Waals surface area contributed by atoms with Crippen molar-refractivity contribution in [3.8, 4) is 50.5 Å². The van der Waals surface area contributed by atoms with Crippen LogP contribution in [0.15, 0.2) is 162 Å². The van der Waals surface area contributed by atoms with Crippen molar-refractivity contribution < 1.29 is 8.98 Å². The van der Waals surface area contributed by atoms with Crippen LogP contribution >= 0.6 is 0 Å². The second-order valence-corrected chi connectivity index (χ2v) is 13.9. The third-order valence-corrected chi connectivity index (χ3v) is 10.4. The van der Waals surface area contributed by atoms with Crippen LogP contribution in [0.1, 0.15) is 30.9 Å². The summed E-state index contributed by atoms with van der Waals surface area (Å²) in [5, 5.41) is 2.25. The van der Waals surface area contributed by atoms with E-state index in [1.165, 1.54) is 50.1 Å². The van der Waals surface area contributed by atoms with E-state index < -0.39 is 0 Å². The van der Waals surface area contributed by atoms with E-state index in [1.807, 2.05) is 0 Å². The molecule has 2 heterocycles. The maximum Gasteiger partial charge on any atom is 0.298 e. The van der Waals surface area contributed by atoms with Gasteiger partial charge in [-0.3, -0.25) is 0 Å². The van der Waals surface area contributed by atoms with Crippen LogP contribution in [0.5, 0.6) is 0 Å². The Kier molecular flexibility index (Phi) is 7.43. The number of hydrogen-bond donors (Lipinski definition) is 0. The van der Waals surface area contributed by atoms with Gasteiger partial charge in [0.1, 0.15) is 16.8 Å². The molecule has 2 aromatic heterocycles. The summed E-state index contributed by atoms with van der Waals surface area (Å²) in [6.07, 6.45) is 0. The highest BCUT2D eigenvalue weighted by atomic mass is 16.3. The molecule has 3 heteroatoms. The zero-order valence-electron chi connectivity index (χ0n) is 29.4. The van der Waals surface area contributed by atoms with Crippen LogP contribution in [0, 0.1) is 6.92 Å². The summed E-state index contributed by atoms with van der Waals surface area (Å²) in [4.78, 5) is 0. The first-order chi connectivity index (χ1) is 25.0. The largest absolute Gasteiger partial charge is 0.455 e. The Morgan fingerprint density at radius 1 is 0.549 bits per heavy atom. The molecular weight excluding hydrogens is 621 g/mol. The Hall–Kier alpha value is -6.19. The van der Waals surface area contributed by atoms with Gasteiger partial charge >= 0.3 is 0 Å². The molecule has 0 bridgehead atoms. The predicted octanol–water partition coefficient (Wildman–Crippen LogP) is 12.5. The normalized spacial score (nSPS) is 11.7. The van der Waals surface area contributed by atoms with Gasteiger partial charge in [0.15, 0.2) is 16.6 Å². The van der Waals surface area contributed by atoms with Crippen molar-refractivity contribution in [1.82, 2.24) is 4.57 Å². The highest BCUT2D eigenvalue weighted by Crippen LogP contribution is 2.41. The minimum atomic E-state index is 0.294. The third-order valence-electron chi connectivity index (χ3n) is 10.4. The molecule has 0 fully saturated rings. The first-order valence-electron chi connectivity index (χ1n) is 17.8. The van der Waals surface area contributed by atoms with Crippen LogP contribution in [0.4, 0.5) is 0 Å². The van der Waals surface area contributed by atoms with Gasteiger partial charge in [-0.15, -0.1) is 0 Å². The quantitative estimate of drug-likeness (QED) is 0.163. The Balaban J connectivity index is 1.24. The van der Waals surface area contributed by atoms with E-state index in [0.29, 0.717) is 5.92 Å². The van der Waals surface area contributed by atoms with Crippen LogP contribution in [-0.2, 0) is 7.05 Å². The lowest BCUT2D eigenvalue weighted by Crippen LogP contribution is -2.30. The molecule has 0 spiro atoms.